The quantitative estimate of drug-likeness (QED) is 0.753. The van der Waals surface area contributed by atoms with Gasteiger partial charge in [-0.25, -0.2) is 0 Å². The molecule has 2 heteroatoms. The zero-order chi connectivity index (χ0) is 14.8. The first kappa shape index (κ1) is 15.0. The van der Waals surface area contributed by atoms with Crippen LogP contribution in [0.25, 0.3) is 11.3 Å². The first-order valence-electron chi connectivity index (χ1n) is 7.43. The predicted molar refractivity (Wildman–Crippen MR) is 91.2 cm³/mol. The van der Waals surface area contributed by atoms with Crippen molar-refractivity contribution in [2.24, 2.45) is 5.92 Å². The summed E-state index contributed by atoms with van der Waals surface area (Å²) in [6.45, 7) is 11.7. The summed E-state index contributed by atoms with van der Waals surface area (Å²) in [5, 5.41) is 1.45. The lowest BCUT2D eigenvalue weighted by atomic mass is 9.98. The van der Waals surface area contributed by atoms with Crippen LogP contribution in [-0.4, -0.2) is 13.1 Å². The molecular formula is C18H25NSi. The second-order valence-corrected chi connectivity index (χ2v) is 12.0. The van der Waals surface area contributed by atoms with Gasteiger partial charge in [0.15, 0.2) is 0 Å². The van der Waals surface area contributed by atoms with Crippen LogP contribution in [0.1, 0.15) is 19.4 Å². The highest BCUT2D eigenvalue weighted by molar-refractivity contribution is 6.88. The van der Waals surface area contributed by atoms with Crippen LogP contribution in [0.4, 0.5) is 0 Å². The minimum absolute atomic E-state index is 0.649. The predicted octanol–water partition coefficient (Wildman–Crippen LogP) is 4.49. The monoisotopic (exact) mass is 283 g/mol. The standard InChI is InChI=1S/C18H25NSi/c1-14(2)11-16-12-17(20(3,4)5)13-19-18(16)15-9-7-6-8-10-15/h6-10,12-14H,11H2,1-5H3. The Kier molecular flexibility index (Phi) is 4.44. The average Bonchev–Trinajstić information content (AvgIpc) is 2.38. The molecule has 1 aromatic heterocycles. The molecule has 0 N–H and O–H groups in total. The molecule has 0 bridgehead atoms. The molecule has 1 aromatic carbocycles. The van der Waals surface area contributed by atoms with Gasteiger partial charge in [-0.2, -0.15) is 0 Å². The highest BCUT2D eigenvalue weighted by Crippen LogP contribution is 2.23. The average molecular weight is 283 g/mol. The maximum Gasteiger partial charge on any atom is 0.0796 e. The number of aromatic nitrogens is 1. The van der Waals surface area contributed by atoms with Crippen LogP contribution >= 0.6 is 0 Å². The van der Waals surface area contributed by atoms with E-state index in [0.29, 0.717) is 5.92 Å². The summed E-state index contributed by atoms with van der Waals surface area (Å²) in [5.74, 6) is 0.649. The van der Waals surface area contributed by atoms with Crippen LogP contribution in [0.2, 0.25) is 19.6 Å². The van der Waals surface area contributed by atoms with Gasteiger partial charge in [-0.1, -0.05) is 69.9 Å². The number of pyridine rings is 1. The molecule has 0 saturated heterocycles. The fourth-order valence-corrected chi connectivity index (χ4v) is 3.43. The summed E-state index contributed by atoms with van der Waals surface area (Å²) in [4.78, 5) is 4.80. The van der Waals surface area contributed by atoms with E-state index in [1.807, 2.05) is 0 Å². The van der Waals surface area contributed by atoms with Crippen molar-refractivity contribution in [1.29, 1.82) is 0 Å². The zero-order valence-electron chi connectivity index (χ0n) is 13.3. The summed E-state index contributed by atoms with van der Waals surface area (Å²) in [5.41, 5.74) is 3.78. The molecule has 2 aromatic rings. The number of nitrogens with zero attached hydrogens (tertiary/aromatic N) is 1. The Morgan fingerprint density at radius 2 is 1.70 bits per heavy atom. The molecule has 0 fully saturated rings. The van der Waals surface area contributed by atoms with Gasteiger partial charge in [-0.15, -0.1) is 0 Å². The number of rotatable bonds is 4. The molecule has 0 radical (unpaired) electrons. The van der Waals surface area contributed by atoms with Gasteiger partial charge >= 0.3 is 0 Å². The zero-order valence-corrected chi connectivity index (χ0v) is 14.3. The van der Waals surface area contributed by atoms with Crippen molar-refractivity contribution in [2.75, 3.05) is 0 Å². The third kappa shape index (κ3) is 3.57. The Morgan fingerprint density at radius 3 is 2.25 bits per heavy atom. The van der Waals surface area contributed by atoms with E-state index in [4.69, 9.17) is 4.98 Å². The van der Waals surface area contributed by atoms with E-state index in [0.717, 1.165) is 12.1 Å². The maximum absolute atomic E-state index is 4.80. The molecule has 1 nitrogen and oxygen atoms in total. The van der Waals surface area contributed by atoms with Crippen molar-refractivity contribution < 1.29 is 0 Å². The summed E-state index contributed by atoms with van der Waals surface area (Å²) in [7, 11) is -1.30. The van der Waals surface area contributed by atoms with Gasteiger partial charge in [-0.3, -0.25) is 4.98 Å². The van der Waals surface area contributed by atoms with Gasteiger partial charge in [0.2, 0.25) is 0 Å². The van der Waals surface area contributed by atoms with E-state index in [1.165, 1.54) is 16.3 Å². The molecule has 0 unspecified atom stereocenters. The summed E-state index contributed by atoms with van der Waals surface area (Å²) < 4.78 is 0. The summed E-state index contributed by atoms with van der Waals surface area (Å²) in [6.07, 6.45) is 3.19. The van der Waals surface area contributed by atoms with Gasteiger partial charge in [-0.05, 0) is 23.1 Å². The van der Waals surface area contributed by atoms with Crippen LogP contribution in [0, 0.1) is 5.92 Å². The highest BCUT2D eigenvalue weighted by atomic mass is 28.3. The Balaban J connectivity index is 2.51. The van der Waals surface area contributed by atoms with E-state index in [1.54, 1.807) is 0 Å². The van der Waals surface area contributed by atoms with Crippen LogP contribution < -0.4 is 5.19 Å². The fraction of sp³-hybridized carbons (Fsp3) is 0.389. The third-order valence-electron chi connectivity index (χ3n) is 3.51. The third-order valence-corrected chi connectivity index (χ3v) is 5.51. The number of benzene rings is 1. The fourth-order valence-electron chi connectivity index (χ4n) is 2.37. The molecule has 106 valence electrons. The van der Waals surface area contributed by atoms with E-state index in [2.05, 4.69) is 76.1 Å². The second-order valence-electron chi connectivity index (χ2n) is 6.95. The van der Waals surface area contributed by atoms with Gasteiger partial charge < -0.3 is 0 Å². The minimum atomic E-state index is -1.30. The van der Waals surface area contributed by atoms with Crippen molar-refractivity contribution in [3.8, 4) is 11.3 Å². The van der Waals surface area contributed by atoms with Crippen molar-refractivity contribution in [3.63, 3.8) is 0 Å². The van der Waals surface area contributed by atoms with Crippen LogP contribution in [0.15, 0.2) is 42.6 Å². The van der Waals surface area contributed by atoms with E-state index in [-0.39, 0.29) is 0 Å². The molecule has 20 heavy (non-hydrogen) atoms. The Hall–Kier alpha value is -1.41. The lowest BCUT2D eigenvalue weighted by molar-refractivity contribution is 0.647. The first-order chi connectivity index (χ1) is 9.38. The molecule has 2 rings (SSSR count). The first-order valence-corrected chi connectivity index (χ1v) is 10.9. The maximum atomic E-state index is 4.80. The van der Waals surface area contributed by atoms with Crippen molar-refractivity contribution in [3.05, 3.63) is 48.2 Å². The minimum Gasteiger partial charge on any atom is -0.256 e. The largest absolute Gasteiger partial charge is 0.256 e. The summed E-state index contributed by atoms with van der Waals surface area (Å²) in [6, 6.07) is 12.9. The van der Waals surface area contributed by atoms with Gasteiger partial charge in [0.05, 0.1) is 13.8 Å². The highest BCUT2D eigenvalue weighted by Gasteiger charge is 2.19. The van der Waals surface area contributed by atoms with Crippen molar-refractivity contribution >= 4 is 13.3 Å². The van der Waals surface area contributed by atoms with Crippen molar-refractivity contribution in [2.45, 2.75) is 39.9 Å². The topological polar surface area (TPSA) is 12.9 Å². The smallest absolute Gasteiger partial charge is 0.0796 e. The number of hydrogen-bond donors (Lipinski definition) is 0. The van der Waals surface area contributed by atoms with E-state index >= 15 is 0 Å². The molecule has 0 atom stereocenters. The van der Waals surface area contributed by atoms with Crippen molar-refractivity contribution in [1.82, 2.24) is 4.98 Å². The molecule has 1 heterocycles. The summed E-state index contributed by atoms with van der Waals surface area (Å²) >= 11 is 0. The molecular weight excluding hydrogens is 258 g/mol. The van der Waals surface area contributed by atoms with E-state index < -0.39 is 8.07 Å². The van der Waals surface area contributed by atoms with Crippen LogP contribution in [0.3, 0.4) is 0 Å². The van der Waals surface area contributed by atoms with E-state index in [9.17, 15) is 0 Å². The molecule has 0 aliphatic heterocycles. The molecule has 0 spiro atoms. The molecule has 0 aliphatic carbocycles. The van der Waals surface area contributed by atoms with Gasteiger partial charge in [0, 0.05) is 11.8 Å². The lowest BCUT2D eigenvalue weighted by Crippen LogP contribution is -2.38. The van der Waals surface area contributed by atoms with Gasteiger partial charge in [0.1, 0.15) is 0 Å². The molecule has 0 aliphatic rings. The lowest BCUT2D eigenvalue weighted by Gasteiger charge is -2.20. The molecule has 0 saturated carbocycles. The molecule has 0 amide bonds. The van der Waals surface area contributed by atoms with Gasteiger partial charge in [0.25, 0.3) is 0 Å². The van der Waals surface area contributed by atoms with Crippen LogP contribution in [-0.2, 0) is 6.42 Å². The second kappa shape index (κ2) is 5.92. The number of hydrogen-bond acceptors (Lipinski definition) is 1. The Labute approximate surface area is 124 Å². The van der Waals surface area contributed by atoms with Crippen LogP contribution in [0.5, 0.6) is 0 Å². The normalized spacial score (nSPS) is 11.9. The SMILES string of the molecule is CC(C)Cc1cc([Si](C)(C)C)cnc1-c1ccccc1. The Bertz CT molecular complexity index is 568. The Morgan fingerprint density at radius 1 is 1.05 bits per heavy atom.